The molecule has 1 aliphatic heterocycles. The lowest BCUT2D eigenvalue weighted by atomic mass is 10.0. The van der Waals surface area contributed by atoms with Crippen molar-refractivity contribution in [2.75, 3.05) is 10.6 Å². The van der Waals surface area contributed by atoms with Crippen LogP contribution in [0.3, 0.4) is 0 Å². The Balaban J connectivity index is 1.51. The number of carbonyl (C=O) groups excluding carboxylic acids is 1. The third-order valence-electron chi connectivity index (χ3n) is 4.61. The molecule has 3 heterocycles. The lowest BCUT2D eigenvalue weighted by Gasteiger charge is -2.11. The number of aliphatic imine (C=N–C) groups is 1. The van der Waals surface area contributed by atoms with Crippen molar-refractivity contribution in [2.24, 2.45) is 4.99 Å². The molecule has 2 aromatic carbocycles. The summed E-state index contributed by atoms with van der Waals surface area (Å²) in [6, 6.07) is 21.2. The van der Waals surface area contributed by atoms with Gasteiger partial charge in [-0.3, -0.25) is 9.78 Å². The van der Waals surface area contributed by atoms with Gasteiger partial charge in [0.25, 0.3) is 5.91 Å². The van der Waals surface area contributed by atoms with E-state index in [4.69, 9.17) is 4.99 Å². The van der Waals surface area contributed by atoms with E-state index in [-0.39, 0.29) is 5.91 Å². The highest BCUT2D eigenvalue weighted by Crippen LogP contribution is 2.28. The first kappa shape index (κ1) is 18.1. The predicted molar refractivity (Wildman–Crippen MR) is 118 cm³/mol. The zero-order valence-corrected chi connectivity index (χ0v) is 16.5. The van der Waals surface area contributed by atoms with Crippen LogP contribution >= 0.6 is 11.3 Å². The zero-order chi connectivity index (χ0) is 20.3. The van der Waals surface area contributed by atoms with Gasteiger partial charge in [-0.05, 0) is 18.2 Å². The van der Waals surface area contributed by atoms with Crippen LogP contribution < -0.4 is 10.6 Å². The summed E-state index contributed by atoms with van der Waals surface area (Å²) in [5, 5.41) is 15.7. The maximum absolute atomic E-state index is 12.9. The molecule has 0 aliphatic carbocycles. The molecule has 2 aromatic heterocycles. The second-order valence-corrected chi connectivity index (χ2v) is 7.55. The highest BCUT2D eigenvalue weighted by molar-refractivity contribution is 7.18. The molecule has 0 fully saturated rings. The fourth-order valence-corrected chi connectivity index (χ4v) is 3.96. The van der Waals surface area contributed by atoms with Crippen molar-refractivity contribution in [2.45, 2.75) is 6.17 Å². The Hall–Kier alpha value is -3.91. The van der Waals surface area contributed by atoms with Gasteiger partial charge in [-0.25, -0.2) is 4.99 Å². The molecule has 1 atom stereocenters. The fraction of sp³-hybridized carbons (Fsp3) is 0.0455. The molecule has 0 bridgehead atoms. The van der Waals surface area contributed by atoms with E-state index < -0.39 is 6.17 Å². The normalized spacial score (nSPS) is 15.5. The van der Waals surface area contributed by atoms with Crippen LogP contribution in [-0.2, 0) is 4.79 Å². The van der Waals surface area contributed by atoms with E-state index in [0.29, 0.717) is 5.13 Å². The van der Waals surface area contributed by atoms with Crippen molar-refractivity contribution in [3.63, 3.8) is 0 Å². The molecule has 1 amide bonds. The van der Waals surface area contributed by atoms with Gasteiger partial charge in [0.05, 0.1) is 11.4 Å². The molecule has 146 valence electrons. The monoisotopic (exact) mass is 412 g/mol. The zero-order valence-electron chi connectivity index (χ0n) is 15.7. The standard InChI is InChI=1S/C22H16N6OS/c29-20-19(26-22-28-27-21(30-22)15-10-12-23-13-11-15)25-18(14-6-2-1-3-7-14)16-8-4-5-9-17(16)24-20/h1-13,19H,(H,24,29)(H,26,28). The van der Waals surface area contributed by atoms with Gasteiger partial charge in [0.2, 0.25) is 11.3 Å². The summed E-state index contributed by atoms with van der Waals surface area (Å²) in [5.41, 5.74) is 4.19. The summed E-state index contributed by atoms with van der Waals surface area (Å²) in [4.78, 5) is 21.7. The SMILES string of the molecule is O=C1Nc2ccccc2C(c2ccccc2)=NC1Nc1nnc(-c2ccncc2)s1. The van der Waals surface area contributed by atoms with E-state index in [0.717, 1.165) is 33.1 Å². The van der Waals surface area contributed by atoms with Crippen LogP contribution in [0.4, 0.5) is 10.8 Å². The second-order valence-electron chi connectivity index (χ2n) is 6.57. The third-order valence-corrected chi connectivity index (χ3v) is 5.51. The largest absolute Gasteiger partial charge is 0.331 e. The average molecular weight is 412 g/mol. The van der Waals surface area contributed by atoms with Crippen LogP contribution in [0.25, 0.3) is 10.6 Å². The number of nitrogens with one attached hydrogen (secondary N) is 2. The fourth-order valence-electron chi connectivity index (χ4n) is 3.19. The van der Waals surface area contributed by atoms with Crippen LogP contribution in [0.5, 0.6) is 0 Å². The lowest BCUT2D eigenvalue weighted by molar-refractivity contribution is -0.116. The first-order valence-electron chi connectivity index (χ1n) is 9.32. The summed E-state index contributed by atoms with van der Waals surface area (Å²) in [6.07, 6.45) is 2.57. The Bertz CT molecular complexity index is 1220. The molecule has 2 N–H and O–H groups in total. The molecular formula is C22H16N6OS. The van der Waals surface area contributed by atoms with Crippen molar-refractivity contribution in [3.8, 4) is 10.6 Å². The molecule has 1 unspecified atom stereocenters. The number of benzene rings is 2. The first-order chi connectivity index (χ1) is 14.8. The Morgan fingerprint density at radius 3 is 2.47 bits per heavy atom. The number of benzodiazepines with no additional fused rings is 1. The number of carbonyl (C=O) groups is 1. The minimum atomic E-state index is -0.842. The predicted octanol–water partition coefficient (Wildman–Crippen LogP) is 3.83. The minimum Gasteiger partial charge on any atom is -0.331 e. The smallest absolute Gasteiger partial charge is 0.269 e. The number of para-hydroxylation sites is 1. The molecule has 30 heavy (non-hydrogen) atoms. The van der Waals surface area contributed by atoms with E-state index in [1.807, 2.05) is 66.7 Å². The van der Waals surface area contributed by atoms with Crippen LogP contribution in [0.1, 0.15) is 11.1 Å². The Kier molecular flexibility index (Phi) is 4.74. The van der Waals surface area contributed by atoms with Gasteiger partial charge in [0.15, 0.2) is 0 Å². The van der Waals surface area contributed by atoms with Crippen molar-refractivity contribution in [1.82, 2.24) is 15.2 Å². The summed E-state index contributed by atoms with van der Waals surface area (Å²) in [6.45, 7) is 0. The summed E-state index contributed by atoms with van der Waals surface area (Å²) in [7, 11) is 0. The lowest BCUT2D eigenvalue weighted by Crippen LogP contribution is -2.32. The van der Waals surface area contributed by atoms with Gasteiger partial charge in [-0.2, -0.15) is 0 Å². The van der Waals surface area contributed by atoms with Crippen molar-refractivity contribution < 1.29 is 4.79 Å². The molecule has 1 aliphatic rings. The number of pyridine rings is 1. The van der Waals surface area contributed by atoms with Crippen LogP contribution in [0.15, 0.2) is 84.1 Å². The average Bonchev–Trinajstić information content (AvgIpc) is 3.21. The number of hydrogen-bond donors (Lipinski definition) is 2. The van der Waals surface area contributed by atoms with Crippen LogP contribution in [0, 0.1) is 0 Å². The number of fused-ring (bicyclic) bond motifs is 1. The highest BCUT2D eigenvalue weighted by Gasteiger charge is 2.26. The van der Waals surface area contributed by atoms with Crippen molar-refractivity contribution in [1.29, 1.82) is 0 Å². The number of amides is 1. The van der Waals surface area contributed by atoms with Gasteiger partial charge in [-0.1, -0.05) is 59.9 Å². The molecule has 0 radical (unpaired) electrons. The molecule has 0 saturated heterocycles. The van der Waals surface area contributed by atoms with E-state index >= 15 is 0 Å². The maximum Gasteiger partial charge on any atom is 0.269 e. The molecule has 8 heteroatoms. The Morgan fingerprint density at radius 2 is 1.63 bits per heavy atom. The summed E-state index contributed by atoms with van der Waals surface area (Å²) >= 11 is 1.36. The van der Waals surface area contributed by atoms with Gasteiger partial charge in [0.1, 0.15) is 5.01 Å². The van der Waals surface area contributed by atoms with Gasteiger partial charge in [0, 0.05) is 29.1 Å². The summed E-state index contributed by atoms with van der Waals surface area (Å²) in [5.74, 6) is -0.256. The summed E-state index contributed by atoms with van der Waals surface area (Å²) < 4.78 is 0. The minimum absolute atomic E-state index is 0.256. The molecule has 7 nitrogen and oxygen atoms in total. The highest BCUT2D eigenvalue weighted by atomic mass is 32.1. The number of aromatic nitrogens is 3. The van der Waals surface area contributed by atoms with Crippen molar-refractivity contribution in [3.05, 3.63) is 90.3 Å². The van der Waals surface area contributed by atoms with Crippen molar-refractivity contribution >= 4 is 33.8 Å². The molecule has 5 rings (SSSR count). The molecular weight excluding hydrogens is 396 g/mol. The quantitative estimate of drug-likeness (QED) is 0.532. The molecule has 0 saturated carbocycles. The number of anilines is 2. The number of nitrogens with zero attached hydrogens (tertiary/aromatic N) is 4. The second kappa shape index (κ2) is 7.84. The van der Waals surface area contributed by atoms with Gasteiger partial charge in [-0.15, -0.1) is 10.2 Å². The Morgan fingerprint density at radius 1 is 0.867 bits per heavy atom. The van der Waals surface area contributed by atoms with E-state index in [1.165, 1.54) is 11.3 Å². The van der Waals surface area contributed by atoms with Crippen LogP contribution in [0.2, 0.25) is 0 Å². The first-order valence-corrected chi connectivity index (χ1v) is 10.1. The number of hydrogen-bond acceptors (Lipinski definition) is 7. The number of rotatable bonds is 4. The van der Waals surface area contributed by atoms with Crippen LogP contribution in [-0.4, -0.2) is 33.0 Å². The third kappa shape index (κ3) is 3.56. The van der Waals surface area contributed by atoms with E-state index in [9.17, 15) is 4.79 Å². The maximum atomic E-state index is 12.9. The van der Waals surface area contributed by atoms with Gasteiger partial charge < -0.3 is 10.6 Å². The molecule has 4 aromatic rings. The Labute approximate surface area is 176 Å². The van der Waals surface area contributed by atoms with Gasteiger partial charge >= 0.3 is 0 Å². The topological polar surface area (TPSA) is 92.2 Å². The van der Waals surface area contributed by atoms with E-state index in [1.54, 1.807) is 12.4 Å². The van der Waals surface area contributed by atoms with E-state index in [2.05, 4.69) is 25.8 Å². The molecule has 0 spiro atoms.